The van der Waals surface area contributed by atoms with Crippen LogP contribution in [0.4, 0.5) is 0 Å². The minimum Gasteiger partial charge on any atom is -0.378 e. The highest BCUT2D eigenvalue weighted by molar-refractivity contribution is 5.84. The first-order valence-electron chi connectivity index (χ1n) is 6.30. The maximum atomic E-state index is 11.9. The molecule has 0 radical (unpaired) electrons. The molecule has 1 rings (SSSR count). The van der Waals surface area contributed by atoms with Crippen molar-refractivity contribution < 1.29 is 14.3 Å². The van der Waals surface area contributed by atoms with Gasteiger partial charge in [0.25, 0.3) is 0 Å². The van der Waals surface area contributed by atoms with Crippen LogP contribution in [0.15, 0.2) is 0 Å². The Kier molecular flexibility index (Phi) is 6.15. The second-order valence-corrected chi connectivity index (χ2v) is 4.24. The van der Waals surface area contributed by atoms with Crippen molar-refractivity contribution in [2.45, 2.75) is 32.7 Å². The van der Waals surface area contributed by atoms with E-state index in [9.17, 15) is 9.59 Å². The fraction of sp³-hybridized carbons (Fsp3) is 0.833. The molecule has 1 amide bonds. The van der Waals surface area contributed by atoms with Crippen LogP contribution in [0.3, 0.4) is 0 Å². The van der Waals surface area contributed by atoms with Crippen LogP contribution in [-0.4, -0.2) is 55.5 Å². The Balaban J connectivity index is 2.52. The van der Waals surface area contributed by atoms with Crippen molar-refractivity contribution in [2.24, 2.45) is 0 Å². The van der Waals surface area contributed by atoms with Crippen molar-refractivity contribution in [2.75, 3.05) is 32.8 Å². The largest absolute Gasteiger partial charge is 0.378 e. The molecule has 0 aliphatic carbocycles. The van der Waals surface area contributed by atoms with Crippen LogP contribution in [0.2, 0.25) is 0 Å². The Hall–Kier alpha value is -0.940. The van der Waals surface area contributed by atoms with E-state index in [2.05, 4.69) is 5.32 Å². The van der Waals surface area contributed by atoms with Crippen molar-refractivity contribution >= 4 is 11.7 Å². The average Bonchev–Trinajstić information content (AvgIpc) is 2.36. The summed E-state index contributed by atoms with van der Waals surface area (Å²) in [5, 5.41) is 2.85. The molecule has 1 fully saturated rings. The van der Waals surface area contributed by atoms with E-state index in [1.54, 1.807) is 0 Å². The number of carbonyl (C=O) groups is 2. The number of carbonyl (C=O) groups excluding carboxylic acids is 2. The van der Waals surface area contributed by atoms with Gasteiger partial charge in [0, 0.05) is 19.5 Å². The summed E-state index contributed by atoms with van der Waals surface area (Å²) in [7, 11) is 0. The van der Waals surface area contributed by atoms with Crippen molar-refractivity contribution in [3.8, 4) is 0 Å². The van der Waals surface area contributed by atoms with Gasteiger partial charge in [-0.05, 0) is 6.42 Å². The fourth-order valence-electron chi connectivity index (χ4n) is 1.77. The summed E-state index contributed by atoms with van der Waals surface area (Å²) in [6.45, 7) is 6.50. The van der Waals surface area contributed by atoms with Gasteiger partial charge in [-0.3, -0.25) is 14.5 Å². The third kappa shape index (κ3) is 4.44. The number of rotatable bonds is 6. The summed E-state index contributed by atoms with van der Waals surface area (Å²) in [5.74, 6) is 0.135. The van der Waals surface area contributed by atoms with Gasteiger partial charge in [-0.1, -0.05) is 13.8 Å². The van der Waals surface area contributed by atoms with Crippen molar-refractivity contribution in [3.05, 3.63) is 0 Å². The molecule has 1 aliphatic heterocycles. The highest BCUT2D eigenvalue weighted by Gasteiger charge is 2.29. The minimum atomic E-state index is -0.314. The van der Waals surface area contributed by atoms with Crippen LogP contribution >= 0.6 is 0 Å². The molecule has 1 atom stereocenters. The predicted octanol–water partition coefficient (Wildman–Crippen LogP) is 0.192. The molecule has 1 saturated heterocycles. The zero-order chi connectivity index (χ0) is 12.7. The lowest BCUT2D eigenvalue weighted by Gasteiger charge is -2.33. The number of Topliss-reactive ketones (excluding diaryl/α,β-unsaturated/α-hetero) is 1. The summed E-state index contributed by atoms with van der Waals surface area (Å²) in [6, 6.07) is -0.314. The highest BCUT2D eigenvalue weighted by atomic mass is 16.5. The molecule has 0 aromatic heterocycles. The van der Waals surface area contributed by atoms with Crippen LogP contribution in [0.25, 0.3) is 0 Å². The lowest BCUT2D eigenvalue weighted by atomic mass is 10.1. The Labute approximate surface area is 102 Å². The summed E-state index contributed by atoms with van der Waals surface area (Å²) in [4.78, 5) is 25.3. The number of ketones is 1. The Morgan fingerprint density at radius 1 is 1.41 bits per heavy atom. The van der Waals surface area contributed by atoms with E-state index in [4.69, 9.17) is 4.74 Å². The van der Waals surface area contributed by atoms with E-state index in [1.165, 1.54) is 0 Å². The van der Waals surface area contributed by atoms with Crippen molar-refractivity contribution in [1.29, 1.82) is 0 Å². The Morgan fingerprint density at radius 2 is 2.18 bits per heavy atom. The van der Waals surface area contributed by atoms with Crippen molar-refractivity contribution in [1.82, 2.24) is 10.2 Å². The first kappa shape index (κ1) is 14.1. The van der Waals surface area contributed by atoms with E-state index in [-0.39, 0.29) is 17.7 Å². The van der Waals surface area contributed by atoms with Gasteiger partial charge in [0.15, 0.2) is 0 Å². The zero-order valence-corrected chi connectivity index (χ0v) is 10.7. The van der Waals surface area contributed by atoms with Gasteiger partial charge >= 0.3 is 0 Å². The van der Waals surface area contributed by atoms with Gasteiger partial charge in [-0.25, -0.2) is 0 Å². The lowest BCUT2D eigenvalue weighted by Crippen LogP contribution is -2.55. The second-order valence-electron chi connectivity index (χ2n) is 4.24. The van der Waals surface area contributed by atoms with Crippen LogP contribution < -0.4 is 5.32 Å². The van der Waals surface area contributed by atoms with Crippen LogP contribution in [-0.2, 0) is 14.3 Å². The van der Waals surface area contributed by atoms with Gasteiger partial charge in [0.1, 0.15) is 11.8 Å². The molecule has 1 heterocycles. The van der Waals surface area contributed by atoms with Crippen LogP contribution in [0.1, 0.15) is 26.7 Å². The lowest BCUT2D eigenvalue weighted by molar-refractivity contribution is -0.134. The molecule has 1 aliphatic rings. The number of ether oxygens (including phenoxy) is 1. The van der Waals surface area contributed by atoms with Gasteiger partial charge in [0.2, 0.25) is 5.91 Å². The third-order valence-electron chi connectivity index (χ3n) is 2.86. The van der Waals surface area contributed by atoms with Crippen molar-refractivity contribution in [3.63, 3.8) is 0 Å². The van der Waals surface area contributed by atoms with Gasteiger partial charge in [0.05, 0.1) is 19.8 Å². The third-order valence-corrected chi connectivity index (χ3v) is 2.86. The SMILES string of the molecule is CCCNC(=O)C1COCCN1CC(=O)CC. The van der Waals surface area contributed by atoms with Crippen LogP contribution in [0.5, 0.6) is 0 Å². The maximum absolute atomic E-state index is 11.9. The van der Waals surface area contributed by atoms with Gasteiger partial charge < -0.3 is 10.1 Å². The molecule has 0 saturated carbocycles. The van der Waals surface area contributed by atoms with E-state index in [0.29, 0.717) is 39.3 Å². The predicted molar refractivity (Wildman–Crippen MR) is 64.8 cm³/mol. The Bertz CT molecular complexity index is 268. The number of hydrogen-bond acceptors (Lipinski definition) is 4. The monoisotopic (exact) mass is 242 g/mol. The van der Waals surface area contributed by atoms with E-state index < -0.39 is 0 Å². The van der Waals surface area contributed by atoms with E-state index in [0.717, 1.165) is 6.42 Å². The second kappa shape index (κ2) is 7.40. The topological polar surface area (TPSA) is 58.6 Å². The normalized spacial score (nSPS) is 21.2. The summed E-state index contributed by atoms with van der Waals surface area (Å²) >= 11 is 0. The summed E-state index contributed by atoms with van der Waals surface area (Å²) in [5.41, 5.74) is 0. The number of nitrogens with one attached hydrogen (secondary N) is 1. The summed E-state index contributed by atoms with van der Waals surface area (Å²) < 4.78 is 5.31. The minimum absolute atomic E-state index is 0.0320. The summed E-state index contributed by atoms with van der Waals surface area (Å²) in [6.07, 6.45) is 1.42. The van der Waals surface area contributed by atoms with Gasteiger partial charge in [-0.2, -0.15) is 0 Å². The molecule has 0 aromatic carbocycles. The Morgan fingerprint density at radius 3 is 2.82 bits per heavy atom. The molecule has 1 N–H and O–H groups in total. The highest BCUT2D eigenvalue weighted by Crippen LogP contribution is 2.07. The van der Waals surface area contributed by atoms with Gasteiger partial charge in [-0.15, -0.1) is 0 Å². The molecule has 5 nitrogen and oxygen atoms in total. The molecule has 0 bridgehead atoms. The molecule has 1 unspecified atom stereocenters. The number of amides is 1. The molecular weight excluding hydrogens is 220 g/mol. The number of hydrogen-bond donors (Lipinski definition) is 1. The average molecular weight is 242 g/mol. The molecule has 17 heavy (non-hydrogen) atoms. The molecule has 0 aromatic rings. The smallest absolute Gasteiger partial charge is 0.239 e. The molecular formula is C12H22N2O3. The molecule has 98 valence electrons. The van der Waals surface area contributed by atoms with E-state index in [1.807, 2.05) is 18.7 Å². The standard InChI is InChI=1S/C12H22N2O3/c1-3-5-13-12(16)11-9-17-7-6-14(11)8-10(15)4-2/h11H,3-9H2,1-2H3,(H,13,16). The first-order chi connectivity index (χ1) is 8.19. The maximum Gasteiger partial charge on any atom is 0.239 e. The zero-order valence-electron chi connectivity index (χ0n) is 10.7. The number of morpholine rings is 1. The molecule has 5 heteroatoms. The number of nitrogens with zero attached hydrogens (tertiary/aromatic N) is 1. The first-order valence-corrected chi connectivity index (χ1v) is 6.30. The fourth-order valence-corrected chi connectivity index (χ4v) is 1.77. The van der Waals surface area contributed by atoms with Crippen LogP contribution in [0, 0.1) is 0 Å². The quantitative estimate of drug-likeness (QED) is 0.722. The molecule has 0 spiro atoms. The van der Waals surface area contributed by atoms with E-state index >= 15 is 0 Å².